The van der Waals surface area contributed by atoms with Crippen LogP contribution >= 0.6 is 0 Å². The fourth-order valence-corrected chi connectivity index (χ4v) is 1.84. The van der Waals surface area contributed by atoms with Crippen LogP contribution in [0.4, 0.5) is 11.6 Å². The lowest BCUT2D eigenvalue weighted by Gasteiger charge is -2.13. The highest BCUT2D eigenvalue weighted by atomic mass is 16.4. The average Bonchev–Trinajstić information content (AvgIpc) is 2.82. The fourth-order valence-electron chi connectivity index (χ4n) is 1.84. The molecule has 0 bridgehead atoms. The Morgan fingerprint density at radius 1 is 1.25 bits per heavy atom. The lowest BCUT2D eigenvalue weighted by atomic mass is 10.3. The van der Waals surface area contributed by atoms with Crippen molar-refractivity contribution in [2.45, 2.75) is 40.2 Å². The first-order valence-corrected chi connectivity index (χ1v) is 6.87. The minimum absolute atomic E-state index is 0.0444. The molecule has 2 heterocycles. The first-order chi connectivity index (χ1) is 9.58. The third kappa shape index (κ3) is 3.69. The van der Waals surface area contributed by atoms with Crippen molar-refractivity contribution in [3.8, 4) is 0 Å². The maximum Gasteiger partial charge on any atom is 0.216 e. The van der Waals surface area contributed by atoms with E-state index in [1.165, 1.54) is 0 Å². The highest BCUT2D eigenvalue weighted by Crippen LogP contribution is 2.19. The van der Waals surface area contributed by atoms with E-state index >= 15 is 0 Å². The number of nitrogens with zero attached hydrogens (tertiary/aromatic N) is 3. The van der Waals surface area contributed by atoms with Gasteiger partial charge in [0.2, 0.25) is 5.89 Å². The molecule has 0 radical (unpaired) electrons. The predicted molar refractivity (Wildman–Crippen MR) is 78.8 cm³/mol. The van der Waals surface area contributed by atoms with Gasteiger partial charge in [0.1, 0.15) is 29.3 Å². The molecule has 0 saturated heterocycles. The molecule has 6 nitrogen and oxygen atoms in total. The molecule has 2 rings (SSSR count). The second-order valence-electron chi connectivity index (χ2n) is 4.79. The Balaban J connectivity index is 2.10. The van der Waals surface area contributed by atoms with Crippen molar-refractivity contribution in [2.24, 2.45) is 0 Å². The topological polar surface area (TPSA) is 75.9 Å². The third-order valence-electron chi connectivity index (χ3n) is 2.77. The zero-order chi connectivity index (χ0) is 14.5. The molecule has 0 aromatic carbocycles. The van der Waals surface area contributed by atoms with Gasteiger partial charge in [-0.05, 0) is 27.2 Å². The molecule has 0 aliphatic heterocycles. The zero-order valence-corrected chi connectivity index (χ0v) is 12.4. The predicted octanol–water partition coefficient (Wildman–Crippen LogP) is 3.08. The van der Waals surface area contributed by atoms with Gasteiger partial charge in [-0.15, -0.1) is 0 Å². The number of anilines is 2. The minimum atomic E-state index is -0.0444. The van der Waals surface area contributed by atoms with Crippen LogP contribution in [-0.2, 0) is 0 Å². The van der Waals surface area contributed by atoms with Gasteiger partial charge in [0.05, 0.1) is 6.20 Å². The van der Waals surface area contributed by atoms with Gasteiger partial charge < -0.3 is 15.1 Å². The van der Waals surface area contributed by atoms with Crippen LogP contribution in [-0.4, -0.2) is 21.5 Å². The van der Waals surface area contributed by atoms with Crippen molar-refractivity contribution < 1.29 is 4.42 Å². The molecule has 0 aliphatic rings. The number of rotatable bonds is 6. The molecule has 0 aliphatic carbocycles. The highest BCUT2D eigenvalue weighted by Gasteiger charge is 2.12. The van der Waals surface area contributed by atoms with Crippen LogP contribution in [0.25, 0.3) is 0 Å². The van der Waals surface area contributed by atoms with Crippen molar-refractivity contribution in [2.75, 3.05) is 17.2 Å². The number of nitrogens with one attached hydrogen (secondary N) is 2. The average molecular weight is 275 g/mol. The van der Waals surface area contributed by atoms with Crippen LogP contribution in [0, 0.1) is 13.8 Å². The molecule has 2 N–H and O–H groups in total. The number of hydrogen-bond acceptors (Lipinski definition) is 6. The van der Waals surface area contributed by atoms with E-state index in [9.17, 15) is 0 Å². The minimum Gasteiger partial charge on any atom is -0.444 e. The fraction of sp³-hybridized carbons (Fsp3) is 0.500. The van der Waals surface area contributed by atoms with Gasteiger partial charge in [0.15, 0.2) is 0 Å². The SMILES string of the molecule is CCCNc1cc(NC(C)c2ncc(C)o2)nc(C)n1. The summed E-state index contributed by atoms with van der Waals surface area (Å²) in [5, 5.41) is 6.54. The van der Waals surface area contributed by atoms with Gasteiger partial charge in [-0.3, -0.25) is 0 Å². The molecule has 20 heavy (non-hydrogen) atoms. The van der Waals surface area contributed by atoms with Gasteiger partial charge in [-0.1, -0.05) is 6.92 Å². The molecular formula is C14H21N5O. The molecule has 0 fully saturated rings. The van der Waals surface area contributed by atoms with Gasteiger partial charge >= 0.3 is 0 Å². The van der Waals surface area contributed by atoms with Gasteiger partial charge in [0.25, 0.3) is 0 Å². The molecular weight excluding hydrogens is 254 g/mol. The Morgan fingerprint density at radius 3 is 2.65 bits per heavy atom. The lowest BCUT2D eigenvalue weighted by molar-refractivity contribution is 0.453. The Hall–Kier alpha value is -2.11. The Labute approximate surface area is 119 Å². The maximum atomic E-state index is 5.51. The monoisotopic (exact) mass is 275 g/mol. The van der Waals surface area contributed by atoms with E-state index in [0.717, 1.165) is 36.2 Å². The number of aromatic nitrogens is 3. The number of hydrogen-bond donors (Lipinski definition) is 2. The third-order valence-corrected chi connectivity index (χ3v) is 2.77. The second-order valence-corrected chi connectivity index (χ2v) is 4.79. The van der Waals surface area contributed by atoms with Crippen LogP contribution < -0.4 is 10.6 Å². The van der Waals surface area contributed by atoms with Crippen molar-refractivity contribution in [3.05, 3.63) is 29.7 Å². The molecule has 0 amide bonds. The summed E-state index contributed by atoms with van der Waals surface area (Å²) in [7, 11) is 0. The highest BCUT2D eigenvalue weighted by molar-refractivity contribution is 5.48. The molecule has 2 aromatic rings. The van der Waals surface area contributed by atoms with E-state index in [4.69, 9.17) is 4.42 Å². The van der Waals surface area contributed by atoms with Crippen LogP contribution in [0.5, 0.6) is 0 Å². The van der Waals surface area contributed by atoms with Crippen LogP contribution in [0.2, 0.25) is 0 Å². The van der Waals surface area contributed by atoms with Crippen molar-refractivity contribution in [3.63, 3.8) is 0 Å². The van der Waals surface area contributed by atoms with Gasteiger partial charge in [-0.25, -0.2) is 15.0 Å². The molecule has 6 heteroatoms. The molecule has 1 unspecified atom stereocenters. The van der Waals surface area contributed by atoms with E-state index < -0.39 is 0 Å². The summed E-state index contributed by atoms with van der Waals surface area (Å²) in [4.78, 5) is 13.0. The summed E-state index contributed by atoms with van der Waals surface area (Å²) < 4.78 is 5.51. The first kappa shape index (κ1) is 14.3. The smallest absolute Gasteiger partial charge is 0.216 e. The van der Waals surface area contributed by atoms with Crippen LogP contribution in [0.1, 0.15) is 43.8 Å². The summed E-state index contributed by atoms with van der Waals surface area (Å²) in [6.07, 6.45) is 2.77. The van der Waals surface area contributed by atoms with Crippen LogP contribution in [0.3, 0.4) is 0 Å². The van der Waals surface area contributed by atoms with E-state index in [1.807, 2.05) is 26.8 Å². The first-order valence-electron chi connectivity index (χ1n) is 6.87. The van der Waals surface area contributed by atoms with E-state index in [2.05, 4.69) is 32.5 Å². The molecule has 0 spiro atoms. The van der Waals surface area contributed by atoms with Crippen LogP contribution in [0.15, 0.2) is 16.7 Å². The van der Waals surface area contributed by atoms with Crippen molar-refractivity contribution in [1.29, 1.82) is 0 Å². The quantitative estimate of drug-likeness (QED) is 0.843. The largest absolute Gasteiger partial charge is 0.444 e. The van der Waals surface area contributed by atoms with E-state index in [1.54, 1.807) is 6.20 Å². The molecule has 0 saturated carbocycles. The Bertz CT molecular complexity index is 566. The van der Waals surface area contributed by atoms with E-state index in [0.29, 0.717) is 5.89 Å². The summed E-state index contributed by atoms with van der Waals surface area (Å²) >= 11 is 0. The number of aryl methyl sites for hydroxylation is 2. The molecule has 2 aromatic heterocycles. The maximum absolute atomic E-state index is 5.51. The summed E-state index contributed by atoms with van der Waals surface area (Å²) in [6, 6.07) is 1.85. The van der Waals surface area contributed by atoms with E-state index in [-0.39, 0.29) is 6.04 Å². The molecule has 1 atom stereocenters. The van der Waals surface area contributed by atoms with Gasteiger partial charge in [0, 0.05) is 12.6 Å². The summed E-state index contributed by atoms with van der Waals surface area (Å²) in [5.41, 5.74) is 0. The molecule has 108 valence electrons. The normalized spacial score (nSPS) is 12.2. The Morgan fingerprint density at radius 2 is 2.00 bits per heavy atom. The van der Waals surface area contributed by atoms with Crippen molar-refractivity contribution in [1.82, 2.24) is 15.0 Å². The van der Waals surface area contributed by atoms with Crippen molar-refractivity contribution >= 4 is 11.6 Å². The second kappa shape index (κ2) is 6.36. The standard InChI is InChI=1S/C14H21N5O/c1-5-6-15-12-7-13(19-11(4)18-12)17-10(3)14-16-8-9(2)20-14/h7-8,10H,5-6H2,1-4H3,(H2,15,17,18,19). The Kier molecular flexibility index (Phi) is 4.55. The number of oxazole rings is 1. The zero-order valence-electron chi connectivity index (χ0n) is 12.4. The van der Waals surface area contributed by atoms with Gasteiger partial charge in [-0.2, -0.15) is 0 Å². The lowest BCUT2D eigenvalue weighted by Crippen LogP contribution is -2.11. The summed E-state index contributed by atoms with van der Waals surface area (Å²) in [6.45, 7) is 8.76. The summed E-state index contributed by atoms with van der Waals surface area (Å²) in [5.74, 6) is 3.78.